The van der Waals surface area contributed by atoms with Crippen LogP contribution in [0.3, 0.4) is 0 Å². The first-order valence-electron chi connectivity index (χ1n) is 5.49. The summed E-state index contributed by atoms with van der Waals surface area (Å²) < 4.78 is 15.8. The average Bonchev–Trinajstić information content (AvgIpc) is 2.59. The number of aromatic nitrogens is 2. The van der Waals surface area contributed by atoms with Gasteiger partial charge in [-0.05, 0) is 37.8 Å². The van der Waals surface area contributed by atoms with Crippen LogP contribution in [0, 0.1) is 19.7 Å². The first kappa shape index (κ1) is 13.4. The fourth-order valence-corrected chi connectivity index (χ4v) is 2.85. The van der Waals surface area contributed by atoms with Gasteiger partial charge in [0.2, 0.25) is 0 Å². The van der Waals surface area contributed by atoms with E-state index in [4.69, 9.17) is 11.6 Å². The summed E-state index contributed by atoms with van der Waals surface area (Å²) >= 11 is 7.51. The van der Waals surface area contributed by atoms with Gasteiger partial charge < -0.3 is 0 Å². The Balaban J connectivity index is 2.66. The van der Waals surface area contributed by atoms with Crippen molar-refractivity contribution in [3.05, 3.63) is 34.1 Å². The summed E-state index contributed by atoms with van der Waals surface area (Å²) in [6.45, 7) is 3.82. The van der Waals surface area contributed by atoms with E-state index >= 15 is 0 Å². The van der Waals surface area contributed by atoms with Gasteiger partial charge >= 0.3 is 0 Å². The fourth-order valence-electron chi connectivity index (χ4n) is 1.99. The SMILES string of the molecule is CSc1c(C)c(-c2cc(C)c(Cl)cc2F)nn1C. The minimum Gasteiger partial charge on any atom is -0.261 e. The topological polar surface area (TPSA) is 17.8 Å². The van der Waals surface area contributed by atoms with Crippen molar-refractivity contribution < 1.29 is 4.39 Å². The van der Waals surface area contributed by atoms with E-state index in [1.165, 1.54) is 6.07 Å². The number of halogens is 2. The Labute approximate surface area is 115 Å². The smallest absolute Gasteiger partial charge is 0.134 e. The molecule has 0 saturated heterocycles. The second kappa shape index (κ2) is 4.94. The van der Waals surface area contributed by atoms with E-state index in [1.807, 2.05) is 27.2 Å². The van der Waals surface area contributed by atoms with Crippen molar-refractivity contribution in [3.63, 3.8) is 0 Å². The molecule has 0 aliphatic rings. The molecular weight excluding hydrogens is 271 g/mol. The van der Waals surface area contributed by atoms with E-state index in [-0.39, 0.29) is 5.82 Å². The minimum atomic E-state index is -0.334. The molecule has 0 fully saturated rings. The molecule has 0 bridgehead atoms. The van der Waals surface area contributed by atoms with Crippen LogP contribution >= 0.6 is 23.4 Å². The third-order valence-corrected chi connectivity index (χ3v) is 4.28. The maximum absolute atomic E-state index is 14.0. The summed E-state index contributed by atoms with van der Waals surface area (Å²) in [7, 11) is 1.86. The summed E-state index contributed by atoms with van der Waals surface area (Å²) in [5, 5.41) is 5.87. The second-order valence-electron chi connectivity index (χ2n) is 4.19. The Kier molecular flexibility index (Phi) is 3.69. The lowest BCUT2D eigenvalue weighted by Crippen LogP contribution is -1.93. The van der Waals surface area contributed by atoms with Crippen molar-refractivity contribution in [1.29, 1.82) is 0 Å². The highest BCUT2D eigenvalue weighted by molar-refractivity contribution is 7.98. The third-order valence-electron chi connectivity index (χ3n) is 2.92. The van der Waals surface area contributed by atoms with Gasteiger partial charge in [-0.25, -0.2) is 4.39 Å². The lowest BCUT2D eigenvalue weighted by atomic mass is 10.1. The zero-order chi connectivity index (χ0) is 13.4. The lowest BCUT2D eigenvalue weighted by Gasteiger charge is -2.05. The van der Waals surface area contributed by atoms with Crippen molar-refractivity contribution in [3.8, 4) is 11.3 Å². The molecule has 1 aromatic carbocycles. The lowest BCUT2D eigenvalue weighted by molar-refractivity contribution is 0.629. The molecule has 2 rings (SSSR count). The van der Waals surface area contributed by atoms with Gasteiger partial charge in [-0.3, -0.25) is 4.68 Å². The van der Waals surface area contributed by atoms with Crippen LogP contribution in [-0.2, 0) is 7.05 Å². The monoisotopic (exact) mass is 284 g/mol. The molecule has 96 valence electrons. The average molecular weight is 285 g/mol. The van der Waals surface area contributed by atoms with Crippen molar-refractivity contribution in [2.45, 2.75) is 18.9 Å². The molecular formula is C13H14ClFN2S. The Morgan fingerprint density at radius 2 is 2.00 bits per heavy atom. The van der Waals surface area contributed by atoms with E-state index in [9.17, 15) is 4.39 Å². The Morgan fingerprint density at radius 3 is 2.56 bits per heavy atom. The van der Waals surface area contributed by atoms with E-state index in [1.54, 1.807) is 22.5 Å². The third kappa shape index (κ3) is 2.15. The fraction of sp³-hybridized carbons (Fsp3) is 0.308. The van der Waals surface area contributed by atoms with E-state index in [0.29, 0.717) is 16.3 Å². The number of benzene rings is 1. The number of hydrogen-bond donors (Lipinski definition) is 0. The van der Waals surface area contributed by atoms with Crippen LogP contribution in [0.25, 0.3) is 11.3 Å². The number of thioether (sulfide) groups is 1. The van der Waals surface area contributed by atoms with E-state index in [2.05, 4.69) is 5.10 Å². The highest BCUT2D eigenvalue weighted by Crippen LogP contribution is 2.33. The molecule has 0 N–H and O–H groups in total. The number of hydrogen-bond acceptors (Lipinski definition) is 2. The van der Waals surface area contributed by atoms with Gasteiger partial charge in [0.15, 0.2) is 0 Å². The summed E-state index contributed by atoms with van der Waals surface area (Å²) in [6, 6.07) is 3.09. The van der Waals surface area contributed by atoms with Crippen LogP contribution in [0.4, 0.5) is 4.39 Å². The normalized spacial score (nSPS) is 11.0. The maximum atomic E-state index is 14.0. The van der Waals surface area contributed by atoms with Crippen molar-refractivity contribution >= 4 is 23.4 Å². The van der Waals surface area contributed by atoms with Crippen LogP contribution in [0.5, 0.6) is 0 Å². The van der Waals surface area contributed by atoms with Crippen LogP contribution in [0.15, 0.2) is 17.2 Å². The number of rotatable bonds is 2. The first-order valence-corrected chi connectivity index (χ1v) is 7.09. The predicted molar refractivity (Wildman–Crippen MR) is 74.9 cm³/mol. The second-order valence-corrected chi connectivity index (χ2v) is 5.39. The molecule has 0 amide bonds. The molecule has 2 aromatic rings. The van der Waals surface area contributed by atoms with Gasteiger partial charge in [0.05, 0.1) is 10.7 Å². The minimum absolute atomic E-state index is 0.334. The van der Waals surface area contributed by atoms with E-state index in [0.717, 1.165) is 16.2 Å². The van der Waals surface area contributed by atoms with Crippen molar-refractivity contribution in [1.82, 2.24) is 9.78 Å². The molecule has 0 unspecified atom stereocenters. The summed E-state index contributed by atoms with van der Waals surface area (Å²) in [6.07, 6.45) is 1.98. The Bertz CT molecular complexity index is 608. The van der Waals surface area contributed by atoms with Gasteiger partial charge in [-0.15, -0.1) is 11.8 Å². The predicted octanol–water partition coefficient (Wildman–Crippen LogP) is 4.22. The molecule has 1 aromatic heterocycles. The highest BCUT2D eigenvalue weighted by Gasteiger charge is 2.17. The van der Waals surface area contributed by atoms with Crippen molar-refractivity contribution in [2.24, 2.45) is 7.05 Å². The molecule has 0 aliphatic carbocycles. The Morgan fingerprint density at radius 1 is 1.33 bits per heavy atom. The number of aryl methyl sites for hydroxylation is 2. The molecule has 0 atom stereocenters. The molecule has 0 aliphatic heterocycles. The molecule has 2 nitrogen and oxygen atoms in total. The largest absolute Gasteiger partial charge is 0.261 e. The van der Waals surface area contributed by atoms with Crippen LogP contribution in [-0.4, -0.2) is 16.0 Å². The zero-order valence-electron chi connectivity index (χ0n) is 10.7. The molecule has 0 radical (unpaired) electrons. The van der Waals surface area contributed by atoms with Crippen molar-refractivity contribution in [2.75, 3.05) is 6.26 Å². The molecule has 0 saturated carbocycles. The number of nitrogens with zero attached hydrogens (tertiary/aromatic N) is 2. The quantitative estimate of drug-likeness (QED) is 0.769. The molecule has 1 heterocycles. The summed E-state index contributed by atoms with van der Waals surface area (Å²) in [5.41, 5.74) is 3.03. The van der Waals surface area contributed by atoms with E-state index < -0.39 is 0 Å². The summed E-state index contributed by atoms with van der Waals surface area (Å²) in [5.74, 6) is -0.334. The molecule has 18 heavy (non-hydrogen) atoms. The van der Waals surface area contributed by atoms with Crippen LogP contribution in [0.2, 0.25) is 5.02 Å². The van der Waals surface area contributed by atoms with Crippen LogP contribution < -0.4 is 0 Å². The zero-order valence-corrected chi connectivity index (χ0v) is 12.3. The van der Waals surface area contributed by atoms with Gasteiger partial charge in [0.25, 0.3) is 0 Å². The van der Waals surface area contributed by atoms with Gasteiger partial charge in [-0.2, -0.15) is 5.10 Å². The molecule has 0 spiro atoms. The first-order chi connectivity index (χ1) is 8.45. The maximum Gasteiger partial charge on any atom is 0.134 e. The highest BCUT2D eigenvalue weighted by atomic mass is 35.5. The van der Waals surface area contributed by atoms with Gasteiger partial charge in [-0.1, -0.05) is 11.6 Å². The standard InChI is InChI=1S/C13H14ClFN2S/c1-7-5-9(11(15)6-10(7)14)12-8(2)13(18-4)17(3)16-12/h5-6H,1-4H3. The van der Waals surface area contributed by atoms with Gasteiger partial charge in [0.1, 0.15) is 5.82 Å². The van der Waals surface area contributed by atoms with Crippen LogP contribution in [0.1, 0.15) is 11.1 Å². The van der Waals surface area contributed by atoms with Gasteiger partial charge in [0, 0.05) is 23.2 Å². The molecule has 5 heteroatoms. The Hall–Kier alpha value is -1.00. The summed E-state index contributed by atoms with van der Waals surface area (Å²) in [4.78, 5) is 0.